The van der Waals surface area contributed by atoms with Crippen LogP contribution >= 0.6 is 0 Å². The standard InChI is InChI=1S/C27H29F3O8S/c1-24-8-7-17(31)10-15(24)5-6-18-19-11-16(13-28)27(23(34)39(35,36)14-29,38-22(33)20-4-3-9-37-20)25(19,2)12-21(32)26(18,24)30/h3-4,7-10,16,18-19,21,32H,5-6,11-14H2,1-2H3/t16-,18?,19?,21-,24-,25-,26?,27-/m0/s1. The molecule has 0 saturated heterocycles. The van der Waals surface area contributed by atoms with Crippen molar-refractivity contribution in [2.75, 3.05) is 12.7 Å². The largest absolute Gasteiger partial charge is 0.457 e. The van der Waals surface area contributed by atoms with E-state index in [1.807, 2.05) is 0 Å². The number of allylic oxidation sites excluding steroid dienone is 4. The zero-order chi connectivity index (χ0) is 28.6. The van der Waals surface area contributed by atoms with Crippen molar-refractivity contribution in [1.29, 1.82) is 0 Å². The highest BCUT2D eigenvalue weighted by Gasteiger charge is 2.79. The first-order chi connectivity index (χ1) is 18.2. The van der Waals surface area contributed by atoms with E-state index in [0.29, 0.717) is 5.57 Å². The van der Waals surface area contributed by atoms with Crippen molar-refractivity contribution in [2.24, 2.45) is 28.6 Å². The van der Waals surface area contributed by atoms with Crippen molar-refractivity contribution in [3.05, 3.63) is 48.0 Å². The SMILES string of the molecule is C[C@]12C=CC(=O)C=C1CCC1C3C[C@@H](CF)[C@](OC(=O)c4ccco4)(C(=O)S(=O)(=O)CF)[C@@]3(C)C[C@H](O)C12F. The number of esters is 1. The molecule has 4 aliphatic rings. The van der Waals surface area contributed by atoms with Crippen molar-refractivity contribution in [3.63, 3.8) is 0 Å². The fraction of sp³-hybridized carbons (Fsp3) is 0.593. The molecule has 0 aromatic carbocycles. The highest BCUT2D eigenvalue weighted by Crippen LogP contribution is 2.71. The first-order valence-electron chi connectivity index (χ1n) is 12.7. The molecule has 12 heteroatoms. The second-order valence-electron chi connectivity index (χ2n) is 11.5. The molecule has 3 unspecified atom stereocenters. The number of hydrogen-bond acceptors (Lipinski definition) is 8. The molecule has 8 nitrogen and oxygen atoms in total. The quantitative estimate of drug-likeness (QED) is 0.532. The van der Waals surface area contributed by atoms with Gasteiger partial charge in [-0.25, -0.2) is 22.0 Å². The molecule has 3 fully saturated rings. The molecular formula is C27H29F3O8S. The van der Waals surface area contributed by atoms with Gasteiger partial charge in [-0.3, -0.25) is 14.0 Å². The number of carbonyl (C=O) groups excluding carboxylic acids is 3. The number of sulfone groups is 1. The second kappa shape index (κ2) is 8.89. The molecule has 212 valence electrons. The fourth-order valence-corrected chi connectivity index (χ4v) is 9.05. The summed E-state index contributed by atoms with van der Waals surface area (Å²) < 4.78 is 81.9. The third kappa shape index (κ3) is 3.46. The Morgan fingerprint density at radius 2 is 1.95 bits per heavy atom. The van der Waals surface area contributed by atoms with Crippen molar-refractivity contribution in [1.82, 2.24) is 0 Å². The van der Waals surface area contributed by atoms with Crippen LogP contribution in [0.5, 0.6) is 0 Å². The van der Waals surface area contributed by atoms with Gasteiger partial charge in [0.2, 0.25) is 15.6 Å². The Morgan fingerprint density at radius 1 is 1.23 bits per heavy atom. The zero-order valence-corrected chi connectivity index (χ0v) is 22.2. The van der Waals surface area contributed by atoms with Crippen LogP contribution in [0.4, 0.5) is 13.2 Å². The Kier molecular flexibility index (Phi) is 6.34. The second-order valence-corrected chi connectivity index (χ2v) is 13.3. The van der Waals surface area contributed by atoms with Gasteiger partial charge < -0.3 is 14.3 Å². The maximum Gasteiger partial charge on any atom is 0.375 e. The van der Waals surface area contributed by atoms with E-state index in [0.717, 1.165) is 6.26 Å². The van der Waals surface area contributed by atoms with Crippen LogP contribution < -0.4 is 0 Å². The van der Waals surface area contributed by atoms with Crippen LogP contribution in [0, 0.1) is 28.6 Å². The van der Waals surface area contributed by atoms with E-state index >= 15 is 4.39 Å². The Bertz CT molecular complexity index is 1390. The summed E-state index contributed by atoms with van der Waals surface area (Å²) in [5, 5.41) is 9.66. The first kappa shape index (κ1) is 27.8. The molecule has 8 atom stereocenters. The highest BCUT2D eigenvalue weighted by molar-refractivity contribution is 8.06. The van der Waals surface area contributed by atoms with Gasteiger partial charge in [-0.05, 0) is 62.8 Å². The summed E-state index contributed by atoms with van der Waals surface area (Å²) in [7, 11) is -5.20. The van der Waals surface area contributed by atoms with Gasteiger partial charge in [-0.15, -0.1) is 0 Å². The Hall–Kier alpha value is -2.73. The molecule has 1 aromatic heterocycles. The highest BCUT2D eigenvalue weighted by atomic mass is 32.2. The minimum absolute atomic E-state index is 0.0988. The average Bonchev–Trinajstić information content (AvgIpc) is 3.51. The predicted octanol–water partition coefficient (Wildman–Crippen LogP) is 3.61. The molecule has 39 heavy (non-hydrogen) atoms. The van der Waals surface area contributed by atoms with Gasteiger partial charge in [-0.2, -0.15) is 0 Å². The molecule has 5 rings (SSSR count). The minimum Gasteiger partial charge on any atom is -0.457 e. The summed E-state index contributed by atoms with van der Waals surface area (Å²) in [5.74, 6) is -5.54. The molecule has 0 bridgehead atoms. The van der Waals surface area contributed by atoms with E-state index in [9.17, 15) is 36.7 Å². The number of aliphatic hydroxyl groups is 1. The molecule has 1 N–H and O–H groups in total. The number of alkyl halides is 3. The van der Waals surface area contributed by atoms with Gasteiger partial charge in [-0.1, -0.05) is 18.6 Å². The summed E-state index contributed by atoms with van der Waals surface area (Å²) in [6.45, 7) is 1.60. The van der Waals surface area contributed by atoms with E-state index in [2.05, 4.69) is 0 Å². The molecule has 0 aliphatic heterocycles. The Balaban J connectivity index is 1.69. The molecule has 0 spiro atoms. The molecule has 0 amide bonds. The number of ketones is 1. The molecule has 3 saturated carbocycles. The number of aliphatic hydroxyl groups excluding tert-OH is 1. The normalized spacial score (nSPS) is 41.3. The molecule has 1 aromatic rings. The average molecular weight is 571 g/mol. The van der Waals surface area contributed by atoms with Crippen molar-refractivity contribution in [3.8, 4) is 0 Å². The van der Waals surface area contributed by atoms with Crippen LogP contribution in [0.25, 0.3) is 0 Å². The fourth-order valence-electron chi connectivity index (χ4n) is 8.05. The number of halogens is 3. The zero-order valence-electron chi connectivity index (χ0n) is 21.4. The maximum atomic E-state index is 17.4. The van der Waals surface area contributed by atoms with E-state index in [4.69, 9.17) is 9.15 Å². The number of carbonyl (C=O) groups is 3. The summed E-state index contributed by atoms with van der Waals surface area (Å²) in [4.78, 5) is 38.8. The van der Waals surface area contributed by atoms with E-state index in [-0.39, 0.29) is 25.0 Å². The van der Waals surface area contributed by atoms with Crippen LogP contribution in [0.15, 0.2) is 46.6 Å². The Morgan fingerprint density at radius 3 is 2.56 bits per heavy atom. The smallest absolute Gasteiger partial charge is 0.375 e. The van der Waals surface area contributed by atoms with Gasteiger partial charge in [0.25, 0.3) is 5.12 Å². The third-order valence-corrected chi connectivity index (χ3v) is 11.0. The van der Waals surface area contributed by atoms with Crippen molar-refractivity contribution >= 4 is 26.7 Å². The predicted molar refractivity (Wildman–Crippen MR) is 130 cm³/mol. The summed E-state index contributed by atoms with van der Waals surface area (Å²) in [6, 6.07) is 0.418. The number of ether oxygens (including phenoxy) is 1. The lowest BCUT2D eigenvalue weighted by atomic mass is 9.45. The Labute approximate surface area is 223 Å². The number of fused-ring (bicyclic) bond motifs is 5. The van der Waals surface area contributed by atoms with Gasteiger partial charge in [0.15, 0.2) is 23.1 Å². The third-order valence-electron chi connectivity index (χ3n) is 9.88. The van der Waals surface area contributed by atoms with Crippen molar-refractivity contribution < 1.29 is 50.2 Å². The summed E-state index contributed by atoms with van der Waals surface area (Å²) in [6.07, 6.45) is 2.78. The van der Waals surface area contributed by atoms with E-state index < -0.39 is 91.7 Å². The minimum atomic E-state index is -5.20. The maximum absolute atomic E-state index is 17.4. The van der Waals surface area contributed by atoms with Crippen LogP contribution in [0.3, 0.4) is 0 Å². The van der Waals surface area contributed by atoms with Crippen LogP contribution in [-0.2, 0) is 24.2 Å². The van der Waals surface area contributed by atoms with Gasteiger partial charge in [0, 0.05) is 22.7 Å². The summed E-state index contributed by atoms with van der Waals surface area (Å²) >= 11 is 0. The number of hydrogen-bond donors (Lipinski definition) is 1. The van der Waals surface area contributed by atoms with Gasteiger partial charge >= 0.3 is 5.97 Å². The molecular weight excluding hydrogens is 541 g/mol. The number of furan rings is 1. The van der Waals surface area contributed by atoms with Gasteiger partial charge in [0.1, 0.15) is 0 Å². The number of rotatable bonds is 5. The lowest BCUT2D eigenvalue weighted by molar-refractivity contribution is -0.217. The summed E-state index contributed by atoms with van der Waals surface area (Å²) in [5.41, 5.74) is -7.85. The molecule has 1 heterocycles. The van der Waals surface area contributed by atoms with E-state index in [1.165, 1.54) is 37.3 Å². The van der Waals surface area contributed by atoms with E-state index in [1.54, 1.807) is 6.92 Å². The molecule has 4 aliphatic carbocycles. The van der Waals surface area contributed by atoms with Crippen molar-refractivity contribution in [2.45, 2.75) is 56.9 Å². The lowest BCUT2D eigenvalue weighted by Gasteiger charge is -2.62. The van der Waals surface area contributed by atoms with Crippen LogP contribution in [0.1, 0.15) is 50.1 Å². The monoisotopic (exact) mass is 570 g/mol. The van der Waals surface area contributed by atoms with Crippen LogP contribution in [0.2, 0.25) is 0 Å². The topological polar surface area (TPSA) is 128 Å². The lowest BCUT2D eigenvalue weighted by Crippen LogP contribution is -2.70. The van der Waals surface area contributed by atoms with Gasteiger partial charge in [0.05, 0.1) is 19.0 Å². The molecule has 0 radical (unpaired) electrons. The first-order valence-corrected chi connectivity index (χ1v) is 14.4. The van der Waals surface area contributed by atoms with Crippen LogP contribution in [-0.4, -0.2) is 60.4 Å².